The lowest BCUT2D eigenvalue weighted by molar-refractivity contribution is 0.259. The molecule has 0 aliphatic carbocycles. The van der Waals surface area contributed by atoms with Crippen LogP contribution in [0, 0.1) is 5.82 Å². The van der Waals surface area contributed by atoms with E-state index in [0.717, 1.165) is 5.39 Å². The fraction of sp³-hybridized carbons (Fsp3) is 0.0690. The monoisotopic (exact) mass is 493 g/mol. The molecule has 0 saturated heterocycles. The summed E-state index contributed by atoms with van der Waals surface area (Å²) < 4.78 is 16.8. The topological polar surface area (TPSA) is 79.3 Å². The number of hydrogen-bond donors (Lipinski definition) is 2. The van der Waals surface area contributed by atoms with Gasteiger partial charge in [0.15, 0.2) is 0 Å². The third-order valence-corrected chi connectivity index (χ3v) is 6.10. The van der Waals surface area contributed by atoms with E-state index in [4.69, 9.17) is 0 Å². The van der Waals surface area contributed by atoms with Gasteiger partial charge in [0.1, 0.15) is 11.6 Å². The highest BCUT2D eigenvalue weighted by Crippen LogP contribution is 2.33. The summed E-state index contributed by atoms with van der Waals surface area (Å²) in [5.74, 6) is 0.0380. The van der Waals surface area contributed by atoms with Crippen molar-refractivity contribution in [3.05, 3.63) is 113 Å². The van der Waals surface area contributed by atoms with Gasteiger partial charge in [-0.05, 0) is 48.0 Å². The Morgan fingerprint density at radius 1 is 0.946 bits per heavy atom. The molecule has 0 atom stereocenters. The Morgan fingerprint density at radius 3 is 2.35 bits per heavy atom. The molecule has 8 heteroatoms. The number of carbonyl (C=O) groups excluding carboxylic acids is 1. The average Bonchev–Trinajstić information content (AvgIpc) is 2.93. The van der Waals surface area contributed by atoms with Crippen molar-refractivity contribution < 1.29 is 9.18 Å². The van der Waals surface area contributed by atoms with Crippen molar-refractivity contribution in [2.75, 3.05) is 22.6 Å². The van der Waals surface area contributed by atoms with Crippen molar-refractivity contribution >= 4 is 39.8 Å². The van der Waals surface area contributed by atoms with Crippen LogP contribution in [0.5, 0.6) is 0 Å². The summed E-state index contributed by atoms with van der Waals surface area (Å²) in [7, 11) is 3.44. The van der Waals surface area contributed by atoms with Crippen LogP contribution in [-0.4, -0.2) is 22.6 Å². The van der Waals surface area contributed by atoms with Gasteiger partial charge in [0.05, 0.1) is 16.9 Å². The van der Waals surface area contributed by atoms with Crippen LogP contribution in [0.15, 0.2) is 102 Å². The van der Waals surface area contributed by atoms with E-state index >= 15 is 4.39 Å². The first-order chi connectivity index (χ1) is 18.0. The molecule has 0 radical (unpaired) electrons. The number of pyridine rings is 2. The molecule has 0 aliphatic heterocycles. The number of amides is 2. The molecule has 184 valence electrons. The van der Waals surface area contributed by atoms with Crippen LogP contribution in [0.4, 0.5) is 32.1 Å². The van der Waals surface area contributed by atoms with E-state index in [1.54, 1.807) is 81.0 Å². The van der Waals surface area contributed by atoms with E-state index < -0.39 is 11.8 Å². The summed E-state index contributed by atoms with van der Waals surface area (Å²) in [6.45, 7) is 0. The molecule has 0 fully saturated rings. The number of nitrogens with one attached hydrogen (secondary N) is 2. The lowest BCUT2D eigenvalue weighted by Crippen LogP contribution is -2.31. The molecule has 2 amide bonds. The molecule has 0 aliphatic rings. The van der Waals surface area contributed by atoms with E-state index in [0.29, 0.717) is 33.8 Å². The number of anilines is 4. The quantitative estimate of drug-likeness (QED) is 0.308. The van der Waals surface area contributed by atoms with Crippen molar-refractivity contribution in [1.82, 2.24) is 9.55 Å². The Hall–Kier alpha value is -4.98. The highest BCUT2D eigenvalue weighted by atomic mass is 19.1. The summed E-state index contributed by atoms with van der Waals surface area (Å²) in [4.78, 5) is 32.4. The summed E-state index contributed by atoms with van der Waals surface area (Å²) in [6.07, 6.45) is 1.68. The Morgan fingerprint density at radius 2 is 1.65 bits per heavy atom. The molecule has 3 aromatic carbocycles. The van der Waals surface area contributed by atoms with Crippen LogP contribution in [0.3, 0.4) is 0 Å². The van der Waals surface area contributed by atoms with Gasteiger partial charge in [0.2, 0.25) is 0 Å². The number of para-hydroxylation sites is 2. The van der Waals surface area contributed by atoms with Crippen molar-refractivity contribution in [1.29, 1.82) is 0 Å². The second kappa shape index (κ2) is 9.94. The number of halogens is 1. The number of urea groups is 1. The first-order valence-corrected chi connectivity index (χ1v) is 11.6. The minimum Gasteiger partial charge on any atom is -0.373 e. The SMILES string of the molecule is CNc1cc2c(cn1)cc(-c1ccc(F)c(N(C(=O)Nc3ccccc3)c3ccccc3)c1)c(=O)n2C. The van der Waals surface area contributed by atoms with Gasteiger partial charge in [-0.2, -0.15) is 0 Å². The standard InChI is InChI=1S/C29H24FN5O2/c1-31-27-17-25-20(18-32-27)15-23(28(36)34(25)2)19-13-14-24(30)26(16-19)35(22-11-7-4-8-12-22)29(37)33-21-9-5-3-6-10-21/h3-18H,1-2H3,(H,31,32)(H,33,37). The lowest BCUT2D eigenvalue weighted by Gasteiger charge is -2.24. The lowest BCUT2D eigenvalue weighted by atomic mass is 10.0. The molecule has 0 bridgehead atoms. The number of hydrogen-bond acceptors (Lipinski definition) is 4. The maximum Gasteiger partial charge on any atom is 0.331 e. The van der Waals surface area contributed by atoms with Gasteiger partial charge in [-0.15, -0.1) is 0 Å². The number of carbonyl (C=O) groups is 1. The third kappa shape index (κ3) is 4.64. The minimum absolute atomic E-state index is 0.0166. The Bertz CT molecular complexity index is 1650. The first-order valence-electron chi connectivity index (χ1n) is 11.6. The Balaban J connectivity index is 1.64. The van der Waals surface area contributed by atoms with Gasteiger partial charge in [-0.3, -0.25) is 9.69 Å². The molecule has 5 aromatic rings. The number of rotatable bonds is 5. The number of nitrogens with zero attached hydrogens (tertiary/aromatic N) is 3. The maximum absolute atomic E-state index is 15.3. The summed E-state index contributed by atoms with van der Waals surface area (Å²) in [6, 6.07) is 25.0. The fourth-order valence-corrected chi connectivity index (χ4v) is 4.20. The Labute approximate surface area is 212 Å². The average molecular weight is 494 g/mol. The van der Waals surface area contributed by atoms with Crippen LogP contribution in [0.2, 0.25) is 0 Å². The van der Waals surface area contributed by atoms with Gasteiger partial charge in [0, 0.05) is 43.0 Å². The smallest absolute Gasteiger partial charge is 0.331 e. The molecule has 37 heavy (non-hydrogen) atoms. The van der Waals surface area contributed by atoms with E-state index in [2.05, 4.69) is 15.6 Å². The summed E-state index contributed by atoms with van der Waals surface area (Å²) >= 11 is 0. The van der Waals surface area contributed by atoms with Crippen LogP contribution in [-0.2, 0) is 7.05 Å². The zero-order valence-corrected chi connectivity index (χ0v) is 20.3. The molecule has 0 spiro atoms. The van der Waals surface area contributed by atoms with Crippen molar-refractivity contribution in [3.8, 4) is 11.1 Å². The van der Waals surface area contributed by atoms with Crippen LogP contribution in [0.25, 0.3) is 22.0 Å². The van der Waals surface area contributed by atoms with Gasteiger partial charge < -0.3 is 15.2 Å². The third-order valence-electron chi connectivity index (χ3n) is 6.10. The van der Waals surface area contributed by atoms with Gasteiger partial charge in [-0.1, -0.05) is 42.5 Å². The largest absolute Gasteiger partial charge is 0.373 e. The molecule has 2 heterocycles. The zero-order valence-electron chi connectivity index (χ0n) is 20.3. The highest BCUT2D eigenvalue weighted by Gasteiger charge is 2.23. The molecule has 7 nitrogen and oxygen atoms in total. The molecular formula is C29H24FN5O2. The first kappa shape index (κ1) is 23.7. The van der Waals surface area contributed by atoms with E-state index in [-0.39, 0.29) is 11.2 Å². The van der Waals surface area contributed by atoms with Crippen LogP contribution in [0.1, 0.15) is 0 Å². The second-order valence-electron chi connectivity index (χ2n) is 8.43. The Kier molecular flexibility index (Phi) is 6.38. The van der Waals surface area contributed by atoms with E-state index in [9.17, 15) is 9.59 Å². The zero-order chi connectivity index (χ0) is 25.9. The molecule has 0 saturated carbocycles. The number of benzene rings is 3. The number of fused-ring (bicyclic) bond motifs is 1. The van der Waals surface area contributed by atoms with E-state index in [1.165, 1.54) is 27.7 Å². The summed E-state index contributed by atoms with van der Waals surface area (Å²) in [5.41, 5.74) is 2.37. The minimum atomic E-state index is -0.603. The molecule has 5 rings (SSSR count). The van der Waals surface area contributed by atoms with E-state index in [1.807, 2.05) is 12.1 Å². The summed E-state index contributed by atoms with van der Waals surface area (Å²) in [5, 5.41) is 6.54. The predicted molar refractivity (Wildman–Crippen MR) is 146 cm³/mol. The van der Waals surface area contributed by atoms with Crippen molar-refractivity contribution in [2.45, 2.75) is 0 Å². The predicted octanol–water partition coefficient (Wildman–Crippen LogP) is 6.15. The maximum atomic E-state index is 15.3. The van der Waals surface area contributed by atoms with Crippen LogP contribution < -0.4 is 21.1 Å². The molecular weight excluding hydrogens is 469 g/mol. The fourth-order valence-electron chi connectivity index (χ4n) is 4.20. The number of aryl methyl sites for hydroxylation is 1. The molecule has 2 N–H and O–H groups in total. The number of aromatic nitrogens is 2. The molecule has 0 unspecified atom stereocenters. The van der Waals surface area contributed by atoms with Gasteiger partial charge in [-0.25, -0.2) is 14.2 Å². The normalized spacial score (nSPS) is 10.8. The van der Waals surface area contributed by atoms with Crippen molar-refractivity contribution in [3.63, 3.8) is 0 Å². The highest BCUT2D eigenvalue weighted by molar-refractivity contribution is 6.07. The second-order valence-corrected chi connectivity index (χ2v) is 8.43. The van der Waals surface area contributed by atoms with Gasteiger partial charge >= 0.3 is 6.03 Å². The van der Waals surface area contributed by atoms with Crippen molar-refractivity contribution in [2.24, 2.45) is 7.05 Å². The van der Waals surface area contributed by atoms with Gasteiger partial charge in [0.25, 0.3) is 5.56 Å². The molecule has 2 aromatic heterocycles. The van der Waals surface area contributed by atoms with Crippen LogP contribution >= 0.6 is 0 Å².